The molecule has 10 heteroatoms. The molecule has 4 heterocycles. The van der Waals surface area contributed by atoms with E-state index in [0.717, 1.165) is 44.7 Å². The fraction of sp³-hybridized carbons (Fsp3) is 0.722. The molecule has 0 radical (unpaired) electrons. The van der Waals surface area contributed by atoms with E-state index in [9.17, 15) is 21.6 Å². The van der Waals surface area contributed by atoms with Gasteiger partial charge in [-0.1, -0.05) is 0 Å². The smallest absolute Gasteiger partial charge is 0.378 e. The van der Waals surface area contributed by atoms with Crippen LogP contribution in [-0.4, -0.2) is 67.5 Å². The molecule has 0 saturated carbocycles. The van der Waals surface area contributed by atoms with Gasteiger partial charge in [-0.3, -0.25) is 4.90 Å². The summed E-state index contributed by atoms with van der Waals surface area (Å²) in [5.41, 5.74) is -1.23. The van der Waals surface area contributed by atoms with Crippen LogP contribution in [0.15, 0.2) is 17.0 Å². The number of sulfonamides is 1. The molecule has 0 bridgehead atoms. The van der Waals surface area contributed by atoms with E-state index < -0.39 is 21.9 Å². The average Bonchev–Trinajstić information content (AvgIpc) is 2.51. The molecule has 0 aliphatic carbocycles. The number of pyridine rings is 1. The number of ether oxygens (including phenoxy) is 1. The summed E-state index contributed by atoms with van der Waals surface area (Å²) >= 11 is 0. The molecule has 28 heavy (non-hydrogen) atoms. The zero-order valence-corrected chi connectivity index (χ0v) is 16.7. The Balaban J connectivity index is 1.39. The standard InChI is InChI=1S/C18H24F3N3O3S/c1-12-7-14(5-6-27-12)23-8-17(9-23)10-24(11-17)28(25,26)15-3-4-16(18(19,20)21)22-13(15)2/h3-4,12,14H,5-11H2,1-2H3/t12-,14+/m0/s1. The fourth-order valence-electron chi connectivity index (χ4n) is 4.57. The van der Waals surface area contributed by atoms with Gasteiger partial charge in [0.25, 0.3) is 0 Å². The first-order chi connectivity index (χ1) is 13.0. The predicted molar refractivity (Wildman–Crippen MR) is 95.2 cm³/mol. The average molecular weight is 419 g/mol. The van der Waals surface area contributed by atoms with Crippen LogP contribution < -0.4 is 0 Å². The van der Waals surface area contributed by atoms with E-state index in [4.69, 9.17) is 4.74 Å². The Morgan fingerprint density at radius 1 is 1.21 bits per heavy atom. The Labute approximate surface area is 162 Å². The Bertz CT molecular complexity index is 861. The van der Waals surface area contributed by atoms with E-state index in [-0.39, 0.29) is 22.1 Å². The lowest BCUT2D eigenvalue weighted by molar-refractivity contribution is -0.141. The van der Waals surface area contributed by atoms with Crippen molar-refractivity contribution in [1.82, 2.24) is 14.2 Å². The summed E-state index contributed by atoms with van der Waals surface area (Å²) in [6, 6.07) is 2.23. The summed E-state index contributed by atoms with van der Waals surface area (Å²) in [4.78, 5) is 5.70. The number of halogens is 3. The van der Waals surface area contributed by atoms with Crippen LogP contribution in [0.5, 0.6) is 0 Å². The van der Waals surface area contributed by atoms with Gasteiger partial charge in [0.1, 0.15) is 10.6 Å². The van der Waals surface area contributed by atoms with Gasteiger partial charge in [0.15, 0.2) is 0 Å². The van der Waals surface area contributed by atoms with Gasteiger partial charge in [-0.05, 0) is 38.8 Å². The number of aromatic nitrogens is 1. The van der Waals surface area contributed by atoms with Gasteiger partial charge >= 0.3 is 6.18 Å². The summed E-state index contributed by atoms with van der Waals surface area (Å²) in [7, 11) is -3.83. The van der Waals surface area contributed by atoms with Crippen LogP contribution >= 0.6 is 0 Å². The first-order valence-corrected chi connectivity index (χ1v) is 10.8. The van der Waals surface area contributed by atoms with E-state index in [0.29, 0.717) is 19.1 Å². The topological polar surface area (TPSA) is 62.7 Å². The van der Waals surface area contributed by atoms with Gasteiger partial charge in [0.05, 0.1) is 11.8 Å². The molecule has 0 unspecified atom stereocenters. The lowest BCUT2D eigenvalue weighted by Gasteiger charge is -2.61. The predicted octanol–water partition coefficient (Wildman–Crippen LogP) is 2.28. The second-order valence-corrected chi connectivity index (χ2v) is 10.2. The maximum atomic E-state index is 12.8. The summed E-state index contributed by atoms with van der Waals surface area (Å²) in [6.07, 6.45) is -2.35. The highest BCUT2D eigenvalue weighted by Gasteiger charge is 2.56. The number of alkyl halides is 3. The van der Waals surface area contributed by atoms with Crippen LogP contribution in [0.2, 0.25) is 0 Å². The van der Waals surface area contributed by atoms with Crippen LogP contribution in [0.3, 0.4) is 0 Å². The lowest BCUT2D eigenvalue weighted by atomic mass is 9.73. The highest BCUT2D eigenvalue weighted by Crippen LogP contribution is 2.44. The molecule has 0 N–H and O–H groups in total. The molecule has 3 fully saturated rings. The van der Waals surface area contributed by atoms with E-state index in [1.807, 2.05) is 0 Å². The van der Waals surface area contributed by atoms with Crippen LogP contribution in [0.25, 0.3) is 0 Å². The third kappa shape index (κ3) is 3.44. The monoisotopic (exact) mass is 419 g/mol. The van der Waals surface area contributed by atoms with Crippen molar-refractivity contribution in [2.75, 3.05) is 32.8 Å². The highest BCUT2D eigenvalue weighted by molar-refractivity contribution is 7.89. The van der Waals surface area contributed by atoms with E-state index in [1.165, 1.54) is 11.2 Å². The van der Waals surface area contributed by atoms with Crippen molar-refractivity contribution in [3.63, 3.8) is 0 Å². The van der Waals surface area contributed by atoms with Crippen LogP contribution in [0.4, 0.5) is 13.2 Å². The minimum Gasteiger partial charge on any atom is -0.378 e. The molecule has 1 spiro atoms. The zero-order valence-electron chi connectivity index (χ0n) is 15.9. The largest absolute Gasteiger partial charge is 0.433 e. The summed E-state index contributed by atoms with van der Waals surface area (Å²) in [6.45, 7) is 6.67. The number of aryl methyl sites for hydroxylation is 1. The molecule has 0 aromatic carbocycles. The normalized spacial score (nSPS) is 28.8. The molecule has 2 atom stereocenters. The number of rotatable bonds is 3. The van der Waals surface area contributed by atoms with Gasteiger partial charge in [-0.15, -0.1) is 0 Å². The van der Waals surface area contributed by atoms with Crippen LogP contribution in [0, 0.1) is 12.3 Å². The van der Waals surface area contributed by atoms with Crippen molar-refractivity contribution in [3.8, 4) is 0 Å². The van der Waals surface area contributed by atoms with Gasteiger partial charge in [0.2, 0.25) is 10.0 Å². The summed E-state index contributed by atoms with van der Waals surface area (Å²) in [5, 5.41) is 0. The lowest BCUT2D eigenvalue weighted by Crippen LogP contribution is -2.74. The summed E-state index contributed by atoms with van der Waals surface area (Å²) < 4.78 is 70.9. The number of nitrogens with zero attached hydrogens (tertiary/aromatic N) is 3. The molecule has 1 aromatic heterocycles. The quantitative estimate of drug-likeness (QED) is 0.752. The Morgan fingerprint density at radius 2 is 1.89 bits per heavy atom. The van der Waals surface area contributed by atoms with Gasteiger partial charge < -0.3 is 4.74 Å². The minimum absolute atomic E-state index is 0.0259. The molecular formula is C18H24F3N3O3S. The Hall–Kier alpha value is -1.23. The van der Waals surface area contributed by atoms with Crippen LogP contribution in [0.1, 0.15) is 31.2 Å². The molecule has 1 aromatic rings. The Morgan fingerprint density at radius 3 is 2.46 bits per heavy atom. The van der Waals surface area contributed by atoms with Crippen molar-refractivity contribution in [2.24, 2.45) is 5.41 Å². The molecule has 156 valence electrons. The maximum Gasteiger partial charge on any atom is 0.433 e. The molecule has 4 rings (SSSR count). The number of likely N-dealkylation sites (tertiary alicyclic amines) is 1. The second-order valence-electron chi connectivity index (χ2n) is 8.32. The highest BCUT2D eigenvalue weighted by atomic mass is 32.2. The Kier molecular flexibility index (Phi) is 4.76. The molecule has 3 saturated heterocycles. The number of hydrogen-bond donors (Lipinski definition) is 0. The van der Waals surface area contributed by atoms with Gasteiger partial charge in [-0.2, -0.15) is 17.5 Å². The zero-order chi connectivity index (χ0) is 20.3. The van der Waals surface area contributed by atoms with Crippen LogP contribution in [-0.2, 0) is 20.9 Å². The molecule has 3 aliphatic rings. The van der Waals surface area contributed by atoms with Crippen molar-refractivity contribution in [2.45, 2.75) is 49.9 Å². The van der Waals surface area contributed by atoms with Crippen molar-refractivity contribution >= 4 is 10.0 Å². The first kappa shape index (κ1) is 20.1. The fourth-order valence-corrected chi connectivity index (χ4v) is 6.39. The molecule has 3 aliphatic heterocycles. The second kappa shape index (κ2) is 6.65. The molecule has 0 amide bonds. The van der Waals surface area contributed by atoms with E-state index in [1.54, 1.807) is 0 Å². The third-order valence-electron chi connectivity index (χ3n) is 6.02. The van der Waals surface area contributed by atoms with Crippen molar-refractivity contribution in [3.05, 3.63) is 23.5 Å². The maximum absolute atomic E-state index is 12.8. The van der Waals surface area contributed by atoms with Gasteiger partial charge in [-0.25, -0.2) is 13.4 Å². The summed E-state index contributed by atoms with van der Waals surface area (Å²) in [5.74, 6) is 0. The van der Waals surface area contributed by atoms with Gasteiger partial charge in [0, 0.05) is 44.2 Å². The van der Waals surface area contributed by atoms with Crippen molar-refractivity contribution in [1.29, 1.82) is 0 Å². The minimum atomic E-state index is -4.59. The van der Waals surface area contributed by atoms with E-state index >= 15 is 0 Å². The van der Waals surface area contributed by atoms with E-state index in [2.05, 4.69) is 16.8 Å². The first-order valence-electron chi connectivity index (χ1n) is 9.41. The number of hydrogen-bond acceptors (Lipinski definition) is 5. The SMILES string of the molecule is Cc1nc(C(F)(F)F)ccc1S(=O)(=O)N1CC2(CN([C@@H]3CCO[C@@H](C)C3)C2)C1. The third-order valence-corrected chi connectivity index (χ3v) is 7.95. The molecular weight excluding hydrogens is 395 g/mol. The van der Waals surface area contributed by atoms with Crippen molar-refractivity contribution < 1.29 is 26.3 Å². The molecule has 6 nitrogen and oxygen atoms in total.